The molecule has 1 aromatic rings. The maximum absolute atomic E-state index is 11.5. The molecule has 0 saturated carbocycles. The fourth-order valence-electron chi connectivity index (χ4n) is 1.85. The van der Waals surface area contributed by atoms with Crippen LogP contribution in [0.2, 0.25) is 0 Å². The van der Waals surface area contributed by atoms with Crippen molar-refractivity contribution < 1.29 is 31.9 Å². The Labute approximate surface area is 140 Å². The molecule has 0 amide bonds. The van der Waals surface area contributed by atoms with E-state index >= 15 is 0 Å². The topological polar surface area (TPSA) is 97.4 Å². The van der Waals surface area contributed by atoms with E-state index in [1.165, 1.54) is 26.4 Å². The summed E-state index contributed by atoms with van der Waals surface area (Å²) in [6, 6.07) is 4.57. The number of hydrogen-bond donors (Lipinski definition) is 0. The Morgan fingerprint density at radius 2 is 1.30 bits per heavy atom. The Morgan fingerprint density at radius 1 is 0.826 bits per heavy atom. The second-order valence-electron chi connectivity index (χ2n) is 4.40. The molecule has 1 aromatic carbocycles. The van der Waals surface area contributed by atoms with Gasteiger partial charge in [0.2, 0.25) is 0 Å². The molecule has 0 heterocycles. The number of carbonyl (C=O) groups excluding carboxylic acids is 3. The standard InChI is InChI=1S/C8H9O2.3C2H4O2.Pb/c1-9-7-4-3-5-8(6-7)10-2;3*1-2(3)4;/h3-4,6H,1-2H3;3*1H3,(H,3,4);/q;;;;+3/p-3. The summed E-state index contributed by atoms with van der Waals surface area (Å²) >= 11 is -5.27. The van der Waals surface area contributed by atoms with Crippen LogP contribution in [0, 0.1) is 0 Å². The molecular weight excluding hydrogens is 503 g/mol. The predicted molar refractivity (Wildman–Crippen MR) is 80.2 cm³/mol. The summed E-state index contributed by atoms with van der Waals surface area (Å²) < 4.78 is 26.3. The molecule has 1 rings (SSSR count). The number of carbonyl (C=O) groups is 3. The Hall–Kier alpha value is -1.85. The fraction of sp³-hybridized carbons (Fsp3) is 0.357. The third-order valence-corrected chi connectivity index (χ3v) is 13.2. The van der Waals surface area contributed by atoms with Gasteiger partial charge < -0.3 is 0 Å². The van der Waals surface area contributed by atoms with Crippen molar-refractivity contribution in [3.63, 3.8) is 0 Å². The van der Waals surface area contributed by atoms with Gasteiger partial charge >= 0.3 is 140 Å². The van der Waals surface area contributed by atoms with Crippen molar-refractivity contribution >= 4 is 43.6 Å². The predicted octanol–water partition coefficient (Wildman–Crippen LogP) is 0.539. The van der Waals surface area contributed by atoms with Gasteiger partial charge in [0.25, 0.3) is 0 Å². The first-order chi connectivity index (χ1) is 10.7. The molecule has 0 N–H and O–H groups in total. The number of methoxy groups -OCH3 is 2. The summed E-state index contributed by atoms with van der Waals surface area (Å²) in [7, 11) is 2.85. The molecule has 0 aliphatic heterocycles. The normalized spacial score (nSPS) is 10.5. The van der Waals surface area contributed by atoms with Crippen molar-refractivity contribution in [1.29, 1.82) is 0 Å². The third-order valence-electron chi connectivity index (χ3n) is 2.57. The number of rotatable bonds is 6. The minimum absolute atomic E-state index is 0.231. The zero-order valence-electron chi connectivity index (χ0n) is 13.5. The Kier molecular flexibility index (Phi) is 6.79. The molecule has 0 bridgehead atoms. The van der Waals surface area contributed by atoms with Gasteiger partial charge in [0.15, 0.2) is 0 Å². The van der Waals surface area contributed by atoms with E-state index in [9.17, 15) is 14.4 Å². The molecule has 0 aliphatic rings. The number of benzene rings is 1. The van der Waals surface area contributed by atoms with Crippen LogP contribution in [-0.4, -0.2) is 54.7 Å². The molecule has 0 radical (unpaired) electrons. The minimum atomic E-state index is -5.27. The molecule has 0 aliphatic carbocycles. The number of hydrogen-bond acceptors (Lipinski definition) is 8. The molecule has 23 heavy (non-hydrogen) atoms. The van der Waals surface area contributed by atoms with Gasteiger partial charge in [-0.15, -0.1) is 0 Å². The van der Waals surface area contributed by atoms with Gasteiger partial charge in [-0.1, -0.05) is 0 Å². The van der Waals surface area contributed by atoms with E-state index in [-0.39, 0.29) is 8.87 Å². The summed E-state index contributed by atoms with van der Waals surface area (Å²) in [6.45, 7) is 3.41. The van der Waals surface area contributed by atoms with Gasteiger partial charge in [-0.05, 0) is 0 Å². The van der Waals surface area contributed by atoms with E-state index in [1.54, 1.807) is 6.07 Å². The van der Waals surface area contributed by atoms with E-state index in [0.717, 1.165) is 20.8 Å². The Morgan fingerprint density at radius 3 is 1.65 bits per heavy atom. The summed E-state index contributed by atoms with van der Waals surface area (Å²) in [5.41, 5.74) is 0. The van der Waals surface area contributed by atoms with Crippen LogP contribution in [0.4, 0.5) is 0 Å². The van der Waals surface area contributed by atoms with Crippen LogP contribution < -0.4 is 12.6 Å². The zero-order valence-corrected chi connectivity index (χ0v) is 17.4. The quantitative estimate of drug-likeness (QED) is 0.501. The number of ether oxygens (including phenoxy) is 2. The molecule has 0 saturated heterocycles. The fourth-order valence-corrected chi connectivity index (χ4v) is 11.0. The molecule has 9 heteroatoms. The van der Waals surface area contributed by atoms with Gasteiger partial charge in [-0.2, -0.15) is 0 Å². The van der Waals surface area contributed by atoms with E-state index in [0.29, 0.717) is 5.75 Å². The van der Waals surface area contributed by atoms with E-state index in [4.69, 9.17) is 17.5 Å². The molecular formula is C14H18O8Pb. The van der Waals surface area contributed by atoms with Gasteiger partial charge in [0, 0.05) is 0 Å². The first kappa shape index (κ1) is 19.2. The summed E-state index contributed by atoms with van der Waals surface area (Å²) in [5.74, 6) is -1.48. The van der Waals surface area contributed by atoms with Gasteiger partial charge in [0.05, 0.1) is 0 Å². The van der Waals surface area contributed by atoms with Crippen LogP contribution in [0.15, 0.2) is 18.2 Å². The zero-order chi connectivity index (χ0) is 17.6. The average molecular weight is 521 g/mol. The van der Waals surface area contributed by atoms with Crippen molar-refractivity contribution in [2.75, 3.05) is 14.2 Å². The van der Waals surface area contributed by atoms with E-state index < -0.39 is 40.4 Å². The second kappa shape index (κ2) is 8.13. The van der Waals surface area contributed by atoms with E-state index in [1.807, 2.05) is 0 Å². The van der Waals surface area contributed by atoms with Gasteiger partial charge in [-0.25, -0.2) is 0 Å². The summed E-state index contributed by atoms with van der Waals surface area (Å²) in [6.07, 6.45) is 0. The first-order valence-electron chi connectivity index (χ1n) is 6.55. The van der Waals surface area contributed by atoms with Gasteiger partial charge in [0.1, 0.15) is 0 Å². The molecule has 0 atom stereocenters. The molecule has 8 nitrogen and oxygen atoms in total. The van der Waals surface area contributed by atoms with Crippen molar-refractivity contribution in [2.45, 2.75) is 20.8 Å². The Bertz CT molecular complexity index is 572. The summed E-state index contributed by atoms with van der Waals surface area (Å²) in [5, 5.41) is 0. The van der Waals surface area contributed by atoms with E-state index in [2.05, 4.69) is 0 Å². The van der Waals surface area contributed by atoms with Crippen LogP contribution in [0.1, 0.15) is 20.8 Å². The average Bonchev–Trinajstić information content (AvgIpc) is 2.44. The molecule has 0 fully saturated rings. The third kappa shape index (κ3) is 5.08. The maximum atomic E-state index is 11.5. The van der Waals surface area contributed by atoms with Gasteiger partial charge in [-0.3, -0.25) is 0 Å². The van der Waals surface area contributed by atoms with Crippen molar-refractivity contribution in [3.05, 3.63) is 18.2 Å². The van der Waals surface area contributed by atoms with Crippen molar-refractivity contribution in [2.24, 2.45) is 0 Å². The molecule has 0 spiro atoms. The SMILES string of the molecule is COc1cc[c]([Pb]([O]C(C)=O)([O]C(C)=O)[O]C(C)=O)c(OC)c1. The molecule has 0 unspecified atom stereocenters. The van der Waals surface area contributed by atoms with Crippen molar-refractivity contribution in [1.82, 2.24) is 0 Å². The summed E-state index contributed by atoms with van der Waals surface area (Å²) in [4.78, 5) is 34.5. The van der Waals surface area contributed by atoms with Crippen molar-refractivity contribution in [3.8, 4) is 11.5 Å². The second-order valence-corrected chi connectivity index (χ2v) is 13.2. The first-order valence-corrected chi connectivity index (χ1v) is 13.3. The molecule has 126 valence electrons. The van der Waals surface area contributed by atoms with Crippen LogP contribution in [0.3, 0.4) is 0 Å². The van der Waals surface area contributed by atoms with Crippen LogP contribution in [0.5, 0.6) is 11.5 Å². The van der Waals surface area contributed by atoms with Crippen LogP contribution in [0.25, 0.3) is 0 Å². The van der Waals surface area contributed by atoms with Crippen LogP contribution in [-0.2, 0) is 22.4 Å². The molecule has 0 aromatic heterocycles. The van der Waals surface area contributed by atoms with Crippen LogP contribution >= 0.6 is 0 Å². The monoisotopic (exact) mass is 522 g/mol. The Balaban J connectivity index is 3.55.